The van der Waals surface area contributed by atoms with Crippen LogP contribution in [0.4, 0.5) is 5.82 Å². The third-order valence-electron chi connectivity index (χ3n) is 5.38. The van der Waals surface area contributed by atoms with Gasteiger partial charge in [-0.1, -0.05) is 36.3 Å². The van der Waals surface area contributed by atoms with Crippen LogP contribution in [0.3, 0.4) is 0 Å². The second-order valence-electron chi connectivity index (χ2n) is 7.35. The Morgan fingerprint density at radius 2 is 2.13 bits per heavy atom. The van der Waals surface area contributed by atoms with E-state index >= 15 is 0 Å². The fourth-order valence-electron chi connectivity index (χ4n) is 3.67. The van der Waals surface area contributed by atoms with Gasteiger partial charge in [0.05, 0.1) is 12.0 Å². The molecule has 3 heterocycles. The molecule has 2 aromatic heterocycles. The molecule has 0 aliphatic carbocycles. The lowest BCUT2D eigenvalue weighted by atomic mass is 9.99. The summed E-state index contributed by atoms with van der Waals surface area (Å²) in [5, 5.41) is 23.2. The number of benzene rings is 1. The lowest BCUT2D eigenvalue weighted by Crippen LogP contribution is -2.41. The molecule has 0 radical (unpaired) electrons. The zero-order valence-electron chi connectivity index (χ0n) is 16.5. The molecule has 1 aliphatic heterocycles. The van der Waals surface area contributed by atoms with E-state index < -0.39 is 24.5 Å². The Bertz CT molecular complexity index is 1140. The third kappa shape index (κ3) is 4.13. The fraction of sp³-hybridized carbons (Fsp3) is 0.318. The van der Waals surface area contributed by atoms with Crippen LogP contribution in [0.15, 0.2) is 42.6 Å². The maximum atomic E-state index is 12.5. The van der Waals surface area contributed by atoms with E-state index in [4.69, 9.17) is 22.8 Å². The molecule has 3 atom stereocenters. The van der Waals surface area contributed by atoms with Crippen molar-refractivity contribution in [2.45, 2.75) is 37.2 Å². The lowest BCUT2D eigenvalue weighted by Gasteiger charge is -2.23. The Labute approximate surface area is 183 Å². The van der Waals surface area contributed by atoms with Gasteiger partial charge in [-0.05, 0) is 29.7 Å². The average Bonchev–Trinajstić information content (AvgIpc) is 3.34. The highest BCUT2D eigenvalue weighted by atomic mass is 35.5. The molecule has 0 spiro atoms. The zero-order valence-corrected chi connectivity index (χ0v) is 17.3. The van der Waals surface area contributed by atoms with Gasteiger partial charge in [0.2, 0.25) is 11.2 Å². The second-order valence-corrected chi connectivity index (χ2v) is 7.69. The van der Waals surface area contributed by atoms with Crippen LogP contribution in [0.1, 0.15) is 24.6 Å². The number of rotatable bonds is 6. The smallest absolute Gasteiger partial charge is 0.226 e. The van der Waals surface area contributed by atoms with Gasteiger partial charge in [0.15, 0.2) is 5.60 Å². The van der Waals surface area contributed by atoms with E-state index in [1.54, 1.807) is 16.8 Å². The number of hydrogen-bond donors (Lipinski definition) is 3. The molecule has 160 valence electrons. The molecule has 1 fully saturated rings. The lowest BCUT2D eigenvalue weighted by molar-refractivity contribution is -0.116. The van der Waals surface area contributed by atoms with E-state index in [9.17, 15) is 15.0 Å². The zero-order chi connectivity index (χ0) is 22.0. The van der Waals surface area contributed by atoms with Gasteiger partial charge in [-0.15, -0.1) is 6.42 Å². The first-order chi connectivity index (χ1) is 15.0. The molecule has 3 N–H and O–H groups in total. The molecule has 31 heavy (non-hydrogen) atoms. The highest BCUT2D eigenvalue weighted by Crippen LogP contribution is 2.38. The van der Waals surface area contributed by atoms with E-state index in [-0.39, 0.29) is 29.9 Å². The number of nitrogens with zero attached hydrogens (tertiary/aromatic N) is 3. The molecular weight excluding hydrogens is 420 g/mol. The summed E-state index contributed by atoms with van der Waals surface area (Å²) >= 11 is 6.11. The summed E-state index contributed by atoms with van der Waals surface area (Å²) in [6.07, 6.45) is 6.50. The van der Waals surface area contributed by atoms with Crippen LogP contribution < -0.4 is 5.32 Å². The fourth-order valence-corrected chi connectivity index (χ4v) is 3.84. The number of aliphatic hydroxyl groups excluding tert-OH is 2. The number of carbonyl (C=O) groups excluding carboxylic acids is 1. The van der Waals surface area contributed by atoms with Crippen molar-refractivity contribution >= 4 is 34.4 Å². The molecule has 1 saturated heterocycles. The van der Waals surface area contributed by atoms with Gasteiger partial charge >= 0.3 is 0 Å². The largest absolute Gasteiger partial charge is 0.392 e. The number of amides is 1. The van der Waals surface area contributed by atoms with Crippen LogP contribution in [-0.2, 0) is 16.0 Å². The molecule has 0 saturated carbocycles. The maximum Gasteiger partial charge on any atom is 0.226 e. The molecule has 0 unspecified atom stereocenters. The summed E-state index contributed by atoms with van der Waals surface area (Å²) in [7, 11) is 0. The summed E-state index contributed by atoms with van der Waals surface area (Å²) in [6, 6.07) is 11.4. The predicted molar refractivity (Wildman–Crippen MR) is 115 cm³/mol. The molecule has 1 aliphatic rings. The highest BCUT2D eigenvalue weighted by molar-refractivity contribution is 6.28. The van der Waals surface area contributed by atoms with Gasteiger partial charge in [-0.25, -0.2) is 0 Å². The normalized spacial score (nSPS) is 23.0. The van der Waals surface area contributed by atoms with Crippen LogP contribution in [-0.4, -0.2) is 49.0 Å². The van der Waals surface area contributed by atoms with Crippen LogP contribution in [0.5, 0.6) is 0 Å². The average molecular weight is 441 g/mol. The number of carbonyl (C=O) groups is 1. The molecule has 9 heteroatoms. The minimum Gasteiger partial charge on any atom is -0.392 e. The number of terminal acetylenes is 1. The van der Waals surface area contributed by atoms with Crippen molar-refractivity contribution in [3.8, 4) is 12.3 Å². The van der Waals surface area contributed by atoms with Crippen molar-refractivity contribution in [1.29, 1.82) is 0 Å². The van der Waals surface area contributed by atoms with E-state index in [1.807, 2.05) is 30.3 Å². The number of hydrogen-bond acceptors (Lipinski definition) is 6. The quantitative estimate of drug-likeness (QED) is 0.401. The first-order valence-corrected chi connectivity index (χ1v) is 10.2. The van der Waals surface area contributed by atoms with Gasteiger partial charge < -0.3 is 24.8 Å². The molecule has 1 aromatic carbocycles. The predicted octanol–water partition coefficient (Wildman–Crippen LogP) is 2.30. The highest BCUT2D eigenvalue weighted by Gasteiger charge is 2.47. The van der Waals surface area contributed by atoms with E-state index in [0.717, 1.165) is 5.56 Å². The first-order valence-electron chi connectivity index (χ1n) is 9.78. The number of anilines is 1. The minimum absolute atomic E-state index is 0.0465. The Morgan fingerprint density at radius 3 is 2.81 bits per heavy atom. The molecule has 3 aromatic rings. The summed E-state index contributed by atoms with van der Waals surface area (Å²) in [4.78, 5) is 20.9. The summed E-state index contributed by atoms with van der Waals surface area (Å²) in [5.74, 6) is 2.43. The van der Waals surface area contributed by atoms with Crippen molar-refractivity contribution in [2.75, 3.05) is 11.9 Å². The third-order valence-corrected chi connectivity index (χ3v) is 5.55. The Balaban J connectivity index is 1.56. The molecule has 1 amide bonds. The minimum atomic E-state index is -1.48. The van der Waals surface area contributed by atoms with Crippen molar-refractivity contribution < 1.29 is 19.7 Å². The van der Waals surface area contributed by atoms with Crippen LogP contribution in [0, 0.1) is 12.3 Å². The number of nitrogens with one attached hydrogen (secondary N) is 1. The van der Waals surface area contributed by atoms with Gasteiger partial charge in [-0.2, -0.15) is 9.97 Å². The number of halogens is 1. The second kappa shape index (κ2) is 8.65. The number of aliphatic hydroxyl groups is 2. The van der Waals surface area contributed by atoms with Crippen molar-refractivity contribution in [1.82, 2.24) is 14.5 Å². The van der Waals surface area contributed by atoms with Crippen molar-refractivity contribution in [2.24, 2.45) is 0 Å². The Kier molecular flexibility index (Phi) is 5.94. The van der Waals surface area contributed by atoms with E-state index in [2.05, 4.69) is 21.2 Å². The van der Waals surface area contributed by atoms with Crippen LogP contribution in [0.2, 0.25) is 5.28 Å². The summed E-state index contributed by atoms with van der Waals surface area (Å²) < 4.78 is 7.45. The van der Waals surface area contributed by atoms with Gasteiger partial charge in [0, 0.05) is 19.0 Å². The summed E-state index contributed by atoms with van der Waals surface area (Å²) in [5.41, 5.74) is 0.000786. The summed E-state index contributed by atoms with van der Waals surface area (Å²) in [6.45, 7) is -0.515. The Morgan fingerprint density at radius 1 is 1.35 bits per heavy atom. The number of fused-ring (bicyclic) bond motifs is 1. The van der Waals surface area contributed by atoms with Crippen LogP contribution in [0.25, 0.3) is 11.0 Å². The topological polar surface area (TPSA) is 110 Å². The Hall–Kier alpha value is -2.96. The first kappa shape index (κ1) is 21.3. The molecule has 0 bridgehead atoms. The monoisotopic (exact) mass is 440 g/mol. The van der Waals surface area contributed by atoms with Crippen molar-refractivity contribution in [3.63, 3.8) is 0 Å². The van der Waals surface area contributed by atoms with Crippen molar-refractivity contribution in [3.05, 3.63) is 53.4 Å². The van der Waals surface area contributed by atoms with Gasteiger partial charge in [-0.3, -0.25) is 4.79 Å². The maximum absolute atomic E-state index is 12.5. The number of aromatic nitrogens is 3. The van der Waals surface area contributed by atoms with Crippen LogP contribution >= 0.6 is 11.6 Å². The van der Waals surface area contributed by atoms with Gasteiger partial charge in [0.1, 0.15) is 23.8 Å². The molecule has 4 rings (SSSR count). The SMILES string of the molecule is C#C[C@]1(CO)O[C@@H](n2ccc3c(NC(=O)CCc4ccccc4)nc(Cl)nc32)C[C@@H]1O. The number of aryl methyl sites for hydroxylation is 1. The van der Waals surface area contributed by atoms with E-state index in [0.29, 0.717) is 17.5 Å². The number of ether oxygens (including phenoxy) is 1. The molecule has 8 nitrogen and oxygen atoms in total. The van der Waals surface area contributed by atoms with E-state index in [1.165, 1.54) is 0 Å². The standard InChI is InChI=1S/C22H21ClN4O4/c1-2-22(13-28)16(29)12-18(31-22)27-11-10-15-19(25-21(23)26-20(15)27)24-17(30)9-8-14-6-4-3-5-7-14/h1,3-7,10-11,16,18,28-29H,8-9,12-13H2,(H,24,25,26,30)/t16-,18+,22+/m0/s1. The van der Waals surface area contributed by atoms with Gasteiger partial charge in [0.25, 0.3) is 0 Å². The molecular formula is C22H21ClN4O4.